The maximum absolute atomic E-state index is 13.4. The van der Waals surface area contributed by atoms with Crippen molar-refractivity contribution < 1.29 is 14.0 Å². The lowest BCUT2D eigenvalue weighted by Crippen LogP contribution is -2.44. The summed E-state index contributed by atoms with van der Waals surface area (Å²) >= 11 is 0. The third-order valence-corrected chi connectivity index (χ3v) is 7.05. The molecule has 3 aromatic rings. The standard InChI is InChI=1S/C28H31FN6O2/c1-18(2)32-27(36)21-7-11-24(12-8-21)35-25-13-19(15-34-16-30-31-17-34)3-4-22(25)14-26(35)33-28(37)20-5-9-23(29)10-6-20/h3-6,9-10,13,16-18,21,24H,7-8,11-12,14-15H2,1-2H3,(H,32,36). The van der Waals surface area contributed by atoms with Gasteiger partial charge in [0.25, 0.3) is 5.91 Å². The average molecular weight is 503 g/mol. The van der Waals surface area contributed by atoms with Gasteiger partial charge >= 0.3 is 0 Å². The molecule has 0 saturated heterocycles. The summed E-state index contributed by atoms with van der Waals surface area (Å²) in [5.41, 5.74) is 3.61. The number of benzene rings is 2. The first-order valence-electron chi connectivity index (χ1n) is 12.8. The monoisotopic (exact) mass is 502 g/mol. The number of rotatable bonds is 6. The number of amides is 2. The van der Waals surface area contributed by atoms with Crippen molar-refractivity contribution in [1.82, 2.24) is 20.1 Å². The largest absolute Gasteiger partial charge is 0.354 e. The molecule has 1 N–H and O–H groups in total. The molecule has 37 heavy (non-hydrogen) atoms. The van der Waals surface area contributed by atoms with Gasteiger partial charge in [-0.2, -0.15) is 4.99 Å². The fourth-order valence-electron chi connectivity index (χ4n) is 5.26. The van der Waals surface area contributed by atoms with Crippen LogP contribution in [0.15, 0.2) is 60.1 Å². The van der Waals surface area contributed by atoms with Gasteiger partial charge in [0, 0.05) is 35.7 Å². The van der Waals surface area contributed by atoms with Crippen LogP contribution in [0.25, 0.3) is 0 Å². The van der Waals surface area contributed by atoms with Crippen LogP contribution in [0.1, 0.15) is 61.0 Å². The SMILES string of the molecule is CC(C)NC(=O)C1CCC(N2C(=NC(=O)c3ccc(F)cc3)Cc3ccc(Cn4cnnc4)cc32)CC1. The molecule has 2 aromatic carbocycles. The first-order chi connectivity index (χ1) is 17.9. The topological polar surface area (TPSA) is 92.5 Å². The number of nitrogens with one attached hydrogen (secondary N) is 1. The molecule has 2 amide bonds. The van der Waals surface area contributed by atoms with Gasteiger partial charge in [-0.1, -0.05) is 12.1 Å². The first-order valence-corrected chi connectivity index (χ1v) is 12.8. The van der Waals surface area contributed by atoms with Crippen LogP contribution in [-0.2, 0) is 17.8 Å². The Morgan fingerprint density at radius 1 is 1.05 bits per heavy atom. The summed E-state index contributed by atoms with van der Waals surface area (Å²) in [6.45, 7) is 4.59. The van der Waals surface area contributed by atoms with E-state index in [2.05, 4.69) is 43.6 Å². The van der Waals surface area contributed by atoms with Gasteiger partial charge in [0.1, 0.15) is 24.3 Å². The zero-order valence-electron chi connectivity index (χ0n) is 21.1. The number of carbonyl (C=O) groups is 2. The van der Waals surface area contributed by atoms with Crippen molar-refractivity contribution in [2.75, 3.05) is 4.90 Å². The molecule has 2 aliphatic rings. The lowest BCUT2D eigenvalue weighted by molar-refractivity contribution is -0.126. The van der Waals surface area contributed by atoms with Crippen LogP contribution < -0.4 is 10.2 Å². The summed E-state index contributed by atoms with van der Waals surface area (Å²) in [6.07, 6.45) is 7.14. The van der Waals surface area contributed by atoms with E-state index in [4.69, 9.17) is 0 Å². The molecule has 1 aliphatic carbocycles. The minimum Gasteiger partial charge on any atom is -0.354 e. The van der Waals surface area contributed by atoms with Crippen molar-refractivity contribution in [1.29, 1.82) is 0 Å². The van der Waals surface area contributed by atoms with Gasteiger partial charge < -0.3 is 14.8 Å². The number of halogens is 1. The van der Waals surface area contributed by atoms with Crippen LogP contribution in [0.4, 0.5) is 10.1 Å². The molecule has 0 unspecified atom stereocenters. The normalized spacial score (nSPS) is 20.3. The van der Waals surface area contributed by atoms with Gasteiger partial charge in [0.05, 0.1) is 6.54 Å². The Hall–Kier alpha value is -3.88. The van der Waals surface area contributed by atoms with Crippen molar-refractivity contribution in [2.24, 2.45) is 10.9 Å². The molecule has 1 saturated carbocycles. The number of amidine groups is 1. The van der Waals surface area contributed by atoms with Gasteiger partial charge in [-0.25, -0.2) is 4.39 Å². The molecule has 1 aromatic heterocycles. The number of hydrogen-bond acceptors (Lipinski definition) is 4. The Balaban J connectivity index is 1.42. The molecule has 2 heterocycles. The predicted molar refractivity (Wildman–Crippen MR) is 139 cm³/mol. The van der Waals surface area contributed by atoms with E-state index >= 15 is 0 Å². The highest BCUT2D eigenvalue weighted by Crippen LogP contribution is 2.38. The maximum Gasteiger partial charge on any atom is 0.278 e. The second-order valence-electron chi connectivity index (χ2n) is 10.2. The van der Waals surface area contributed by atoms with Crippen LogP contribution in [0.5, 0.6) is 0 Å². The molecule has 5 rings (SSSR count). The zero-order chi connectivity index (χ0) is 25.9. The van der Waals surface area contributed by atoms with E-state index < -0.39 is 5.82 Å². The van der Waals surface area contributed by atoms with Gasteiger partial charge in [0.2, 0.25) is 5.91 Å². The molecule has 0 radical (unpaired) electrons. The number of nitrogens with zero attached hydrogens (tertiary/aromatic N) is 5. The van der Waals surface area contributed by atoms with Crippen LogP contribution in [0.2, 0.25) is 0 Å². The quantitative estimate of drug-likeness (QED) is 0.547. The lowest BCUT2D eigenvalue weighted by Gasteiger charge is -2.36. The number of aliphatic imine (C=N–C) groups is 1. The second kappa shape index (κ2) is 10.6. The Kier molecular flexibility index (Phi) is 7.12. The van der Waals surface area contributed by atoms with E-state index in [-0.39, 0.29) is 29.8 Å². The average Bonchev–Trinajstić information content (AvgIpc) is 3.51. The summed E-state index contributed by atoms with van der Waals surface area (Å²) in [6, 6.07) is 12.0. The van der Waals surface area contributed by atoms with Crippen molar-refractivity contribution in [3.63, 3.8) is 0 Å². The lowest BCUT2D eigenvalue weighted by atomic mass is 9.84. The number of hydrogen-bond donors (Lipinski definition) is 1. The third-order valence-electron chi connectivity index (χ3n) is 7.05. The maximum atomic E-state index is 13.4. The van der Waals surface area contributed by atoms with Crippen LogP contribution in [-0.4, -0.2) is 44.5 Å². The van der Waals surface area contributed by atoms with Crippen LogP contribution in [0, 0.1) is 11.7 Å². The van der Waals surface area contributed by atoms with Crippen molar-refractivity contribution in [3.8, 4) is 0 Å². The number of aromatic nitrogens is 3. The molecular weight excluding hydrogens is 471 g/mol. The predicted octanol–water partition coefficient (Wildman–Crippen LogP) is 4.15. The van der Waals surface area contributed by atoms with E-state index in [0.29, 0.717) is 24.4 Å². The smallest absolute Gasteiger partial charge is 0.278 e. The minimum atomic E-state index is -0.391. The Morgan fingerprint density at radius 3 is 2.43 bits per heavy atom. The van der Waals surface area contributed by atoms with Gasteiger partial charge in [0.15, 0.2) is 0 Å². The minimum absolute atomic E-state index is 0.00188. The Labute approximate surface area is 215 Å². The summed E-state index contributed by atoms with van der Waals surface area (Å²) < 4.78 is 15.3. The van der Waals surface area contributed by atoms with Gasteiger partial charge in [-0.3, -0.25) is 9.59 Å². The van der Waals surface area contributed by atoms with Crippen LogP contribution >= 0.6 is 0 Å². The molecular formula is C28H31FN6O2. The van der Waals surface area contributed by atoms with Crippen molar-refractivity contribution in [3.05, 3.63) is 77.6 Å². The third kappa shape index (κ3) is 5.60. The van der Waals surface area contributed by atoms with E-state index in [0.717, 1.165) is 42.5 Å². The van der Waals surface area contributed by atoms with E-state index in [1.807, 2.05) is 18.4 Å². The summed E-state index contributed by atoms with van der Waals surface area (Å²) in [5, 5.41) is 10.8. The summed E-state index contributed by atoms with van der Waals surface area (Å²) in [5.74, 6) is 0.0373. The molecule has 1 fully saturated rings. The Morgan fingerprint density at radius 2 is 1.76 bits per heavy atom. The molecule has 8 nitrogen and oxygen atoms in total. The van der Waals surface area contributed by atoms with Crippen molar-refractivity contribution >= 4 is 23.3 Å². The highest BCUT2D eigenvalue weighted by Gasteiger charge is 2.36. The first kappa shape index (κ1) is 24.8. The highest BCUT2D eigenvalue weighted by atomic mass is 19.1. The fourth-order valence-corrected chi connectivity index (χ4v) is 5.26. The number of carbonyl (C=O) groups excluding carboxylic acids is 2. The van der Waals surface area contributed by atoms with Crippen LogP contribution in [0.3, 0.4) is 0 Å². The van der Waals surface area contributed by atoms with Crippen molar-refractivity contribution in [2.45, 2.75) is 64.6 Å². The highest BCUT2D eigenvalue weighted by molar-refractivity contribution is 6.12. The molecule has 0 atom stereocenters. The van der Waals surface area contributed by atoms with E-state index in [1.165, 1.54) is 24.3 Å². The molecule has 9 heteroatoms. The number of fused-ring (bicyclic) bond motifs is 1. The second-order valence-corrected chi connectivity index (χ2v) is 10.2. The summed E-state index contributed by atoms with van der Waals surface area (Å²) in [4.78, 5) is 32.3. The zero-order valence-corrected chi connectivity index (χ0v) is 21.1. The fraction of sp³-hybridized carbons (Fsp3) is 0.393. The molecule has 0 bridgehead atoms. The Bertz CT molecular complexity index is 1290. The number of anilines is 1. The molecule has 0 spiro atoms. The molecule has 192 valence electrons. The van der Waals surface area contributed by atoms with E-state index in [1.54, 1.807) is 12.7 Å². The van der Waals surface area contributed by atoms with Gasteiger partial charge in [-0.15, -0.1) is 10.2 Å². The van der Waals surface area contributed by atoms with Gasteiger partial charge in [-0.05, 0) is 81.0 Å². The summed E-state index contributed by atoms with van der Waals surface area (Å²) in [7, 11) is 0. The molecule has 1 aliphatic heterocycles. The van der Waals surface area contributed by atoms with E-state index in [9.17, 15) is 14.0 Å².